The lowest BCUT2D eigenvalue weighted by atomic mass is 10.1. The molecule has 0 atom stereocenters. The second-order valence-corrected chi connectivity index (χ2v) is 3.93. The van der Waals surface area contributed by atoms with E-state index in [-0.39, 0.29) is 0 Å². The molecule has 88 valence electrons. The summed E-state index contributed by atoms with van der Waals surface area (Å²) in [6.45, 7) is 4.12. The van der Waals surface area contributed by atoms with Crippen LogP contribution in [0.3, 0.4) is 0 Å². The summed E-state index contributed by atoms with van der Waals surface area (Å²) in [5, 5.41) is 3.21. The van der Waals surface area contributed by atoms with E-state index in [0.717, 1.165) is 5.69 Å². The minimum Gasteiger partial charge on any atom is -0.340 e. The molecular weight excluding hydrogens is 214 g/mol. The number of anilines is 3. The van der Waals surface area contributed by atoms with Gasteiger partial charge in [0.1, 0.15) is 18.0 Å². The van der Waals surface area contributed by atoms with E-state index in [9.17, 15) is 0 Å². The third kappa shape index (κ3) is 2.92. The lowest BCUT2D eigenvalue weighted by Gasteiger charge is -2.08. The van der Waals surface area contributed by atoms with Crippen LogP contribution < -0.4 is 16.6 Å². The van der Waals surface area contributed by atoms with Gasteiger partial charge in [0, 0.05) is 11.8 Å². The molecule has 2 aromatic rings. The number of nitrogens with zero attached hydrogens (tertiary/aromatic N) is 2. The zero-order valence-corrected chi connectivity index (χ0v) is 9.86. The Balaban J connectivity index is 2.24. The minimum atomic E-state index is 0.576. The predicted octanol–water partition coefficient (Wildman–Crippen LogP) is 2.12. The Bertz CT molecular complexity index is 504. The number of hydrazine groups is 1. The van der Waals surface area contributed by atoms with Gasteiger partial charge in [0.2, 0.25) is 0 Å². The highest BCUT2D eigenvalue weighted by molar-refractivity contribution is 5.60. The molecule has 0 amide bonds. The van der Waals surface area contributed by atoms with Crippen molar-refractivity contribution in [1.29, 1.82) is 0 Å². The zero-order chi connectivity index (χ0) is 12.3. The first-order chi connectivity index (χ1) is 8.17. The molecule has 1 aromatic heterocycles. The second kappa shape index (κ2) is 4.80. The van der Waals surface area contributed by atoms with Gasteiger partial charge in [0.05, 0.1) is 0 Å². The number of rotatable bonds is 3. The number of nitrogen functional groups attached to an aromatic ring is 1. The predicted molar refractivity (Wildman–Crippen MR) is 69.0 cm³/mol. The Morgan fingerprint density at radius 2 is 1.59 bits per heavy atom. The third-order valence-corrected chi connectivity index (χ3v) is 2.31. The van der Waals surface area contributed by atoms with Gasteiger partial charge in [-0.1, -0.05) is 6.07 Å². The van der Waals surface area contributed by atoms with E-state index < -0.39 is 0 Å². The van der Waals surface area contributed by atoms with E-state index in [4.69, 9.17) is 5.84 Å². The highest BCUT2D eigenvalue weighted by Crippen LogP contribution is 2.18. The van der Waals surface area contributed by atoms with E-state index in [1.54, 1.807) is 6.07 Å². The van der Waals surface area contributed by atoms with Gasteiger partial charge in [0.15, 0.2) is 0 Å². The van der Waals surface area contributed by atoms with Crippen molar-refractivity contribution in [1.82, 2.24) is 9.97 Å². The van der Waals surface area contributed by atoms with E-state index in [2.05, 4.69) is 52.8 Å². The Kier molecular flexibility index (Phi) is 3.20. The van der Waals surface area contributed by atoms with Crippen molar-refractivity contribution in [3.05, 3.63) is 41.7 Å². The molecule has 5 heteroatoms. The van der Waals surface area contributed by atoms with Crippen LogP contribution in [0.15, 0.2) is 30.6 Å². The van der Waals surface area contributed by atoms with Gasteiger partial charge in [-0.05, 0) is 37.1 Å². The molecule has 0 aliphatic rings. The van der Waals surface area contributed by atoms with Crippen LogP contribution in [0.25, 0.3) is 0 Å². The molecule has 0 aliphatic carbocycles. The lowest BCUT2D eigenvalue weighted by Crippen LogP contribution is -2.09. The van der Waals surface area contributed by atoms with Crippen molar-refractivity contribution < 1.29 is 0 Å². The molecular formula is C12H15N5. The molecule has 0 spiro atoms. The second-order valence-electron chi connectivity index (χ2n) is 3.93. The minimum absolute atomic E-state index is 0.576. The molecule has 2 rings (SSSR count). The average molecular weight is 229 g/mol. The highest BCUT2D eigenvalue weighted by Gasteiger charge is 1.99. The van der Waals surface area contributed by atoms with Crippen molar-refractivity contribution in [3.8, 4) is 0 Å². The highest BCUT2D eigenvalue weighted by atomic mass is 15.3. The number of aromatic nitrogens is 2. The van der Waals surface area contributed by atoms with Crippen LogP contribution >= 0.6 is 0 Å². The van der Waals surface area contributed by atoms with Gasteiger partial charge < -0.3 is 10.7 Å². The number of hydrogen-bond donors (Lipinski definition) is 3. The summed E-state index contributed by atoms with van der Waals surface area (Å²) in [5.41, 5.74) is 5.90. The van der Waals surface area contributed by atoms with Gasteiger partial charge in [0.25, 0.3) is 0 Å². The molecule has 5 nitrogen and oxygen atoms in total. The quantitative estimate of drug-likeness (QED) is 0.555. The fourth-order valence-corrected chi connectivity index (χ4v) is 1.70. The molecule has 1 aromatic carbocycles. The summed E-state index contributed by atoms with van der Waals surface area (Å²) < 4.78 is 0. The zero-order valence-electron chi connectivity index (χ0n) is 9.86. The number of hydrogen-bond acceptors (Lipinski definition) is 5. The Hall–Kier alpha value is -2.14. The van der Waals surface area contributed by atoms with Crippen LogP contribution in [0.2, 0.25) is 0 Å². The van der Waals surface area contributed by atoms with Crippen LogP contribution in [0.5, 0.6) is 0 Å². The van der Waals surface area contributed by atoms with Crippen molar-refractivity contribution in [2.45, 2.75) is 13.8 Å². The third-order valence-electron chi connectivity index (χ3n) is 2.31. The number of nitrogens with two attached hydrogens (primary N) is 1. The van der Waals surface area contributed by atoms with Crippen LogP contribution in [0.1, 0.15) is 11.1 Å². The van der Waals surface area contributed by atoms with Gasteiger partial charge in [-0.2, -0.15) is 0 Å². The Morgan fingerprint density at radius 3 is 2.24 bits per heavy atom. The van der Waals surface area contributed by atoms with Crippen molar-refractivity contribution >= 4 is 17.3 Å². The standard InChI is InChI=1S/C12H15N5/c1-8-3-9(2)5-10(4-8)16-11-6-12(17-13)15-7-14-11/h3-7H,13H2,1-2H3,(H2,14,15,16,17). The molecule has 0 radical (unpaired) electrons. The van der Waals surface area contributed by atoms with Crippen LogP contribution in [0, 0.1) is 13.8 Å². The molecule has 1 heterocycles. The summed E-state index contributed by atoms with van der Waals surface area (Å²) in [7, 11) is 0. The monoisotopic (exact) mass is 229 g/mol. The first-order valence-electron chi connectivity index (χ1n) is 5.31. The number of benzene rings is 1. The SMILES string of the molecule is Cc1cc(C)cc(Nc2cc(NN)ncn2)c1. The Morgan fingerprint density at radius 1 is 0.941 bits per heavy atom. The molecule has 0 saturated carbocycles. The van der Waals surface area contributed by atoms with Crippen molar-refractivity contribution in [2.24, 2.45) is 5.84 Å². The summed E-state index contributed by atoms with van der Waals surface area (Å²) in [5.74, 6) is 6.57. The molecule has 0 bridgehead atoms. The van der Waals surface area contributed by atoms with Crippen LogP contribution in [-0.2, 0) is 0 Å². The van der Waals surface area contributed by atoms with Crippen molar-refractivity contribution in [2.75, 3.05) is 10.7 Å². The average Bonchev–Trinajstić information content (AvgIpc) is 2.28. The lowest BCUT2D eigenvalue weighted by molar-refractivity contribution is 1.14. The molecule has 0 unspecified atom stereocenters. The van der Waals surface area contributed by atoms with E-state index in [1.165, 1.54) is 17.5 Å². The largest absolute Gasteiger partial charge is 0.340 e. The number of aryl methyl sites for hydroxylation is 2. The molecule has 0 fully saturated rings. The van der Waals surface area contributed by atoms with Gasteiger partial charge in [-0.15, -0.1) is 0 Å². The van der Waals surface area contributed by atoms with Gasteiger partial charge in [-0.3, -0.25) is 0 Å². The van der Waals surface area contributed by atoms with Crippen molar-refractivity contribution in [3.63, 3.8) is 0 Å². The molecule has 0 aliphatic heterocycles. The maximum Gasteiger partial charge on any atom is 0.145 e. The maximum absolute atomic E-state index is 5.29. The Labute approximate surface area is 100 Å². The molecule has 17 heavy (non-hydrogen) atoms. The first kappa shape index (κ1) is 11.3. The number of nitrogens with one attached hydrogen (secondary N) is 2. The van der Waals surface area contributed by atoms with E-state index in [0.29, 0.717) is 11.6 Å². The van der Waals surface area contributed by atoms with E-state index >= 15 is 0 Å². The smallest absolute Gasteiger partial charge is 0.145 e. The summed E-state index contributed by atoms with van der Waals surface area (Å²) in [4.78, 5) is 8.07. The van der Waals surface area contributed by atoms with Gasteiger partial charge in [-0.25, -0.2) is 15.8 Å². The van der Waals surface area contributed by atoms with Gasteiger partial charge >= 0.3 is 0 Å². The first-order valence-corrected chi connectivity index (χ1v) is 5.31. The van der Waals surface area contributed by atoms with E-state index in [1.807, 2.05) is 0 Å². The van der Waals surface area contributed by atoms with Crippen LogP contribution in [0.4, 0.5) is 17.3 Å². The normalized spacial score (nSPS) is 10.1. The molecule has 4 N–H and O–H groups in total. The summed E-state index contributed by atoms with van der Waals surface area (Å²) in [6, 6.07) is 7.99. The molecule has 0 saturated heterocycles. The summed E-state index contributed by atoms with van der Waals surface area (Å²) in [6.07, 6.45) is 1.46. The van der Waals surface area contributed by atoms with Crippen LogP contribution in [-0.4, -0.2) is 9.97 Å². The topological polar surface area (TPSA) is 75.9 Å². The summed E-state index contributed by atoms with van der Waals surface area (Å²) >= 11 is 0. The fourth-order valence-electron chi connectivity index (χ4n) is 1.70. The maximum atomic E-state index is 5.29. The fraction of sp³-hybridized carbons (Fsp3) is 0.167.